The van der Waals surface area contributed by atoms with Crippen LogP contribution in [-0.4, -0.2) is 15.9 Å². The molecule has 104 valence electrons. The summed E-state index contributed by atoms with van der Waals surface area (Å²) in [6.07, 6.45) is 4.94. The second-order valence-corrected chi connectivity index (χ2v) is 5.35. The Kier molecular flexibility index (Phi) is 3.26. The number of fused-ring (bicyclic) bond motifs is 1. The van der Waals surface area contributed by atoms with Gasteiger partial charge < -0.3 is 0 Å². The number of amides is 1. The van der Waals surface area contributed by atoms with Crippen molar-refractivity contribution in [2.75, 3.05) is 5.32 Å². The van der Waals surface area contributed by atoms with E-state index < -0.39 is 0 Å². The molecule has 1 aromatic heterocycles. The third-order valence-corrected chi connectivity index (χ3v) is 3.85. The molecule has 0 aliphatic heterocycles. The van der Waals surface area contributed by atoms with Crippen molar-refractivity contribution in [3.63, 3.8) is 0 Å². The highest BCUT2D eigenvalue weighted by molar-refractivity contribution is 5.88. The van der Waals surface area contributed by atoms with Crippen LogP contribution in [0.25, 0.3) is 10.9 Å². The molecule has 1 saturated carbocycles. The minimum absolute atomic E-state index is 0.207. The van der Waals surface area contributed by atoms with Crippen LogP contribution >= 0.6 is 0 Å². The lowest BCUT2D eigenvalue weighted by molar-refractivity contribution is -0.114. The van der Waals surface area contributed by atoms with Gasteiger partial charge in [-0.3, -0.25) is 19.9 Å². The number of nitrogens with zero attached hydrogens (tertiary/aromatic N) is 1. The van der Waals surface area contributed by atoms with Crippen LogP contribution in [0.1, 0.15) is 44.1 Å². The maximum atomic E-state index is 12.0. The lowest BCUT2D eigenvalue weighted by Crippen LogP contribution is -2.16. The zero-order chi connectivity index (χ0) is 14.1. The highest BCUT2D eigenvalue weighted by Gasteiger charge is 2.17. The van der Waals surface area contributed by atoms with Gasteiger partial charge in [0.05, 0.1) is 10.9 Å². The van der Waals surface area contributed by atoms with Crippen LogP contribution in [0.15, 0.2) is 23.0 Å². The molecule has 1 aliphatic carbocycles. The van der Waals surface area contributed by atoms with Gasteiger partial charge in [-0.1, -0.05) is 18.9 Å². The predicted molar refractivity (Wildman–Crippen MR) is 77.9 cm³/mol. The fourth-order valence-corrected chi connectivity index (χ4v) is 2.90. The van der Waals surface area contributed by atoms with Crippen LogP contribution in [0.3, 0.4) is 0 Å². The molecule has 1 heterocycles. The van der Waals surface area contributed by atoms with Crippen molar-refractivity contribution in [1.82, 2.24) is 9.97 Å². The Bertz CT molecular complexity index is 715. The number of rotatable bonds is 2. The van der Waals surface area contributed by atoms with Crippen molar-refractivity contribution < 1.29 is 4.79 Å². The smallest absolute Gasteiger partial charge is 0.260 e. The summed E-state index contributed by atoms with van der Waals surface area (Å²) in [6.45, 7) is 1.39. The molecule has 5 heteroatoms. The van der Waals surface area contributed by atoms with Gasteiger partial charge in [-0.15, -0.1) is 0 Å². The van der Waals surface area contributed by atoms with Crippen molar-refractivity contribution in [1.29, 1.82) is 0 Å². The van der Waals surface area contributed by atoms with Crippen LogP contribution < -0.4 is 10.9 Å². The zero-order valence-corrected chi connectivity index (χ0v) is 11.4. The molecular weight excluding hydrogens is 254 g/mol. The summed E-state index contributed by atoms with van der Waals surface area (Å²) in [6, 6.07) is 5.82. The number of H-pyrrole nitrogens is 1. The van der Waals surface area contributed by atoms with Crippen molar-refractivity contribution in [2.24, 2.45) is 0 Å². The summed E-state index contributed by atoms with van der Waals surface area (Å²) in [7, 11) is 0. The molecule has 0 saturated heterocycles. The van der Waals surface area contributed by atoms with Gasteiger partial charge in [-0.25, -0.2) is 4.98 Å². The van der Waals surface area contributed by atoms with Crippen molar-refractivity contribution in [2.45, 2.75) is 38.5 Å². The molecule has 0 bridgehead atoms. The standard InChI is InChI=1S/C15H17N3O2/c1-9(19)16-15-17-13-8-11(10-4-2-3-5-10)6-7-12(13)14(20)18-15/h6-8,10H,2-5H2,1H3,(H2,16,17,18,19,20). The Morgan fingerprint density at radius 2 is 2.10 bits per heavy atom. The Labute approximate surface area is 116 Å². The van der Waals surface area contributed by atoms with Gasteiger partial charge in [0.15, 0.2) is 0 Å². The molecule has 0 atom stereocenters. The van der Waals surface area contributed by atoms with Gasteiger partial charge in [-0.2, -0.15) is 0 Å². The SMILES string of the molecule is CC(=O)Nc1nc2cc(C3CCCC3)ccc2c(=O)[nH]1. The quantitative estimate of drug-likeness (QED) is 0.881. The lowest BCUT2D eigenvalue weighted by Gasteiger charge is -2.10. The third kappa shape index (κ3) is 2.43. The van der Waals surface area contributed by atoms with Gasteiger partial charge in [0.1, 0.15) is 0 Å². The predicted octanol–water partition coefficient (Wildman–Crippen LogP) is 2.54. The molecule has 1 aromatic carbocycles. The second-order valence-electron chi connectivity index (χ2n) is 5.35. The summed E-state index contributed by atoms with van der Waals surface area (Å²) < 4.78 is 0. The van der Waals surface area contributed by atoms with Gasteiger partial charge in [0.25, 0.3) is 5.56 Å². The number of nitrogens with one attached hydrogen (secondary N) is 2. The molecular formula is C15H17N3O2. The van der Waals surface area contributed by atoms with Crippen molar-refractivity contribution >= 4 is 22.8 Å². The number of hydrogen-bond donors (Lipinski definition) is 2. The highest BCUT2D eigenvalue weighted by atomic mass is 16.1. The number of anilines is 1. The topological polar surface area (TPSA) is 74.8 Å². The van der Waals surface area contributed by atoms with E-state index in [2.05, 4.69) is 15.3 Å². The van der Waals surface area contributed by atoms with Crippen LogP contribution in [-0.2, 0) is 4.79 Å². The number of carbonyl (C=O) groups is 1. The monoisotopic (exact) mass is 271 g/mol. The number of benzene rings is 1. The first kappa shape index (κ1) is 12.8. The minimum atomic E-state index is -0.251. The molecule has 2 aromatic rings. The number of hydrogen-bond acceptors (Lipinski definition) is 3. The van der Waals surface area contributed by atoms with E-state index in [1.807, 2.05) is 18.2 Å². The Hall–Kier alpha value is -2.17. The molecule has 5 nitrogen and oxygen atoms in total. The summed E-state index contributed by atoms with van der Waals surface area (Å²) in [5.74, 6) is 0.530. The first-order valence-corrected chi connectivity index (χ1v) is 6.95. The summed E-state index contributed by atoms with van der Waals surface area (Å²) in [4.78, 5) is 29.9. The van der Waals surface area contributed by atoms with E-state index in [1.54, 1.807) is 0 Å². The number of aromatic nitrogens is 2. The Morgan fingerprint density at radius 1 is 1.35 bits per heavy atom. The molecule has 3 rings (SSSR count). The van der Waals surface area contributed by atoms with Crippen LogP contribution in [0, 0.1) is 0 Å². The average Bonchev–Trinajstić information content (AvgIpc) is 2.91. The highest BCUT2D eigenvalue weighted by Crippen LogP contribution is 2.34. The van der Waals surface area contributed by atoms with E-state index in [0.717, 1.165) is 0 Å². The van der Waals surface area contributed by atoms with E-state index >= 15 is 0 Å². The molecule has 20 heavy (non-hydrogen) atoms. The molecule has 0 radical (unpaired) electrons. The van der Waals surface area contributed by atoms with Gasteiger partial charge in [0, 0.05) is 6.92 Å². The van der Waals surface area contributed by atoms with E-state index in [1.165, 1.54) is 38.2 Å². The fourth-order valence-electron chi connectivity index (χ4n) is 2.90. The molecule has 2 N–H and O–H groups in total. The zero-order valence-electron chi connectivity index (χ0n) is 11.4. The fraction of sp³-hybridized carbons (Fsp3) is 0.400. The van der Waals surface area contributed by atoms with E-state index in [0.29, 0.717) is 16.8 Å². The molecule has 1 aliphatic rings. The van der Waals surface area contributed by atoms with E-state index in [-0.39, 0.29) is 17.4 Å². The van der Waals surface area contributed by atoms with Gasteiger partial charge in [0.2, 0.25) is 11.9 Å². The molecule has 1 fully saturated rings. The van der Waals surface area contributed by atoms with E-state index in [4.69, 9.17) is 0 Å². The maximum Gasteiger partial charge on any atom is 0.260 e. The van der Waals surface area contributed by atoms with Crippen LogP contribution in [0.2, 0.25) is 0 Å². The summed E-state index contributed by atoms with van der Waals surface area (Å²) in [5, 5.41) is 3.08. The maximum absolute atomic E-state index is 12.0. The molecule has 0 spiro atoms. The van der Waals surface area contributed by atoms with Crippen molar-refractivity contribution in [3.8, 4) is 0 Å². The average molecular weight is 271 g/mol. The molecule has 1 amide bonds. The first-order chi connectivity index (χ1) is 9.63. The minimum Gasteiger partial charge on any atom is -0.296 e. The number of carbonyl (C=O) groups excluding carboxylic acids is 1. The second kappa shape index (κ2) is 5.07. The van der Waals surface area contributed by atoms with Gasteiger partial charge in [-0.05, 0) is 36.5 Å². The Balaban J connectivity index is 2.06. The van der Waals surface area contributed by atoms with Crippen molar-refractivity contribution in [3.05, 3.63) is 34.1 Å². The summed E-state index contributed by atoms with van der Waals surface area (Å²) >= 11 is 0. The normalized spacial score (nSPS) is 15.7. The number of aromatic amines is 1. The molecule has 0 unspecified atom stereocenters. The summed E-state index contributed by atoms with van der Waals surface area (Å²) in [5.41, 5.74) is 1.65. The largest absolute Gasteiger partial charge is 0.296 e. The van der Waals surface area contributed by atoms with E-state index in [9.17, 15) is 9.59 Å². The van der Waals surface area contributed by atoms with Crippen LogP contribution in [0.5, 0.6) is 0 Å². The lowest BCUT2D eigenvalue weighted by atomic mass is 9.97. The van der Waals surface area contributed by atoms with Gasteiger partial charge >= 0.3 is 0 Å². The third-order valence-electron chi connectivity index (χ3n) is 3.85. The Morgan fingerprint density at radius 3 is 2.80 bits per heavy atom. The van der Waals surface area contributed by atoms with Crippen LogP contribution in [0.4, 0.5) is 5.95 Å². The first-order valence-electron chi connectivity index (χ1n) is 6.95.